The van der Waals surface area contributed by atoms with E-state index in [2.05, 4.69) is 29.2 Å². The second kappa shape index (κ2) is 5.19. The maximum atomic E-state index is 4.61. The van der Waals surface area contributed by atoms with E-state index < -0.39 is 0 Å². The van der Waals surface area contributed by atoms with Gasteiger partial charge in [-0.05, 0) is 0 Å². The third-order valence-corrected chi connectivity index (χ3v) is 3.94. The zero-order valence-corrected chi connectivity index (χ0v) is 11.0. The molecule has 1 aliphatic heterocycles. The third kappa shape index (κ3) is 2.77. The van der Waals surface area contributed by atoms with Crippen molar-refractivity contribution in [3.05, 3.63) is 11.6 Å². The van der Waals surface area contributed by atoms with Gasteiger partial charge >= 0.3 is 0 Å². The summed E-state index contributed by atoms with van der Waals surface area (Å²) in [6.07, 6.45) is 0.989. The fraction of sp³-hybridized carbons (Fsp3) is 0.818. The molecule has 1 N–H and O–H groups in total. The van der Waals surface area contributed by atoms with Crippen LogP contribution >= 0.6 is 11.8 Å². The molecule has 0 spiro atoms. The van der Waals surface area contributed by atoms with Gasteiger partial charge in [0.05, 0.1) is 0 Å². The monoisotopic (exact) mass is 240 g/mol. The van der Waals surface area contributed by atoms with Gasteiger partial charge in [-0.3, -0.25) is 4.68 Å². The second-order valence-corrected chi connectivity index (χ2v) is 5.74. The molecule has 0 amide bonds. The molecule has 90 valence electrons. The van der Waals surface area contributed by atoms with E-state index in [-0.39, 0.29) is 0 Å². The van der Waals surface area contributed by atoms with Crippen molar-refractivity contribution in [3.63, 3.8) is 0 Å². The van der Waals surface area contributed by atoms with Crippen LogP contribution in [0.2, 0.25) is 0 Å². The van der Waals surface area contributed by atoms with E-state index in [1.165, 1.54) is 11.5 Å². The molecule has 1 aromatic heterocycles. The Morgan fingerprint density at radius 1 is 1.56 bits per heavy atom. The Morgan fingerprint density at radius 2 is 2.38 bits per heavy atom. The Balaban J connectivity index is 2.02. The molecule has 0 aliphatic carbocycles. The van der Waals surface area contributed by atoms with Gasteiger partial charge in [-0.25, -0.2) is 4.98 Å². The van der Waals surface area contributed by atoms with E-state index in [0.29, 0.717) is 12.0 Å². The predicted octanol–water partition coefficient (Wildman–Crippen LogP) is 1.19. The van der Waals surface area contributed by atoms with Gasteiger partial charge in [-0.15, -0.1) is 0 Å². The van der Waals surface area contributed by atoms with Crippen molar-refractivity contribution in [2.45, 2.75) is 32.2 Å². The van der Waals surface area contributed by atoms with Gasteiger partial charge in [0.15, 0.2) is 5.82 Å². The smallest absolute Gasteiger partial charge is 0.153 e. The molecule has 4 nitrogen and oxygen atoms in total. The number of aryl methyl sites for hydroxylation is 1. The Labute approximate surface area is 101 Å². The highest BCUT2D eigenvalue weighted by Crippen LogP contribution is 2.14. The van der Waals surface area contributed by atoms with E-state index in [1.807, 2.05) is 23.5 Å². The quantitative estimate of drug-likeness (QED) is 0.862. The van der Waals surface area contributed by atoms with E-state index in [4.69, 9.17) is 0 Å². The van der Waals surface area contributed by atoms with Gasteiger partial charge in [0.1, 0.15) is 5.82 Å². The Bertz CT molecular complexity index is 342. The lowest BCUT2D eigenvalue weighted by Crippen LogP contribution is -2.39. The molecular formula is C11H20N4S. The average Bonchev–Trinajstić information content (AvgIpc) is 2.62. The zero-order chi connectivity index (χ0) is 11.5. The van der Waals surface area contributed by atoms with Crippen LogP contribution in [0.1, 0.15) is 31.4 Å². The summed E-state index contributed by atoms with van der Waals surface area (Å²) < 4.78 is 1.93. The number of nitrogens with one attached hydrogen (secondary N) is 1. The minimum atomic E-state index is 0.411. The minimum Gasteiger partial charge on any atom is -0.312 e. The van der Waals surface area contributed by atoms with E-state index in [1.54, 1.807) is 0 Å². The molecule has 1 aromatic rings. The molecular weight excluding hydrogens is 220 g/mol. The number of thioether (sulfide) groups is 1. The Kier molecular flexibility index (Phi) is 3.86. The van der Waals surface area contributed by atoms with Crippen LogP contribution in [0.15, 0.2) is 0 Å². The van der Waals surface area contributed by atoms with Crippen molar-refractivity contribution in [1.82, 2.24) is 20.1 Å². The standard InChI is InChI=1S/C11H20N4S/c1-8(2)11-13-10(15(3)14-11)6-9-7-16-5-4-12-9/h8-9,12H,4-7H2,1-3H3. The molecule has 5 heteroatoms. The van der Waals surface area contributed by atoms with Gasteiger partial charge in [-0.1, -0.05) is 13.8 Å². The first kappa shape index (κ1) is 11.9. The minimum absolute atomic E-state index is 0.411. The summed E-state index contributed by atoms with van der Waals surface area (Å²) >= 11 is 2.02. The van der Waals surface area contributed by atoms with Crippen LogP contribution in [0, 0.1) is 0 Å². The molecule has 1 unspecified atom stereocenters. The number of hydrogen-bond donors (Lipinski definition) is 1. The molecule has 1 atom stereocenters. The summed E-state index contributed by atoms with van der Waals surface area (Å²) in [5.74, 6) is 4.88. The number of hydrogen-bond acceptors (Lipinski definition) is 4. The molecule has 1 aliphatic rings. The molecule has 16 heavy (non-hydrogen) atoms. The predicted molar refractivity (Wildman–Crippen MR) is 67.9 cm³/mol. The van der Waals surface area contributed by atoms with E-state index in [0.717, 1.165) is 24.6 Å². The van der Waals surface area contributed by atoms with Gasteiger partial charge in [0.25, 0.3) is 0 Å². The van der Waals surface area contributed by atoms with E-state index in [9.17, 15) is 0 Å². The summed E-state index contributed by atoms with van der Waals surface area (Å²) in [4.78, 5) is 4.61. The van der Waals surface area contributed by atoms with Crippen molar-refractivity contribution >= 4 is 11.8 Å². The fourth-order valence-corrected chi connectivity index (χ4v) is 2.78. The van der Waals surface area contributed by atoms with Crippen LogP contribution in [0.25, 0.3) is 0 Å². The Morgan fingerprint density at radius 3 is 2.94 bits per heavy atom. The maximum Gasteiger partial charge on any atom is 0.153 e. The van der Waals surface area contributed by atoms with Crippen molar-refractivity contribution in [1.29, 1.82) is 0 Å². The summed E-state index contributed by atoms with van der Waals surface area (Å²) in [6, 6.07) is 0.557. The fourth-order valence-electron chi connectivity index (χ4n) is 1.83. The van der Waals surface area contributed by atoms with Crippen molar-refractivity contribution in [2.24, 2.45) is 7.05 Å². The topological polar surface area (TPSA) is 42.7 Å². The third-order valence-electron chi connectivity index (χ3n) is 2.81. The van der Waals surface area contributed by atoms with Gasteiger partial charge in [0.2, 0.25) is 0 Å². The molecule has 0 radical (unpaired) electrons. The molecule has 2 rings (SSSR count). The average molecular weight is 240 g/mol. The van der Waals surface area contributed by atoms with Gasteiger partial charge in [-0.2, -0.15) is 16.9 Å². The first-order valence-electron chi connectivity index (χ1n) is 5.87. The van der Waals surface area contributed by atoms with Crippen molar-refractivity contribution in [2.75, 3.05) is 18.1 Å². The highest BCUT2D eigenvalue weighted by molar-refractivity contribution is 7.99. The number of aromatic nitrogens is 3. The number of rotatable bonds is 3. The lowest BCUT2D eigenvalue weighted by molar-refractivity contribution is 0.534. The van der Waals surface area contributed by atoms with Crippen LogP contribution < -0.4 is 5.32 Å². The van der Waals surface area contributed by atoms with Crippen molar-refractivity contribution in [3.8, 4) is 0 Å². The Hall–Kier alpha value is -0.550. The van der Waals surface area contributed by atoms with Crippen LogP contribution in [-0.2, 0) is 13.5 Å². The summed E-state index contributed by atoms with van der Waals surface area (Å²) in [6.45, 7) is 5.38. The van der Waals surface area contributed by atoms with E-state index >= 15 is 0 Å². The molecule has 0 saturated carbocycles. The molecule has 0 bridgehead atoms. The van der Waals surface area contributed by atoms with Crippen LogP contribution in [-0.4, -0.2) is 38.9 Å². The van der Waals surface area contributed by atoms with Gasteiger partial charge in [0, 0.05) is 43.5 Å². The first-order chi connectivity index (χ1) is 7.66. The lowest BCUT2D eigenvalue weighted by Gasteiger charge is -2.22. The maximum absolute atomic E-state index is 4.61. The molecule has 0 aromatic carbocycles. The zero-order valence-electron chi connectivity index (χ0n) is 10.2. The second-order valence-electron chi connectivity index (χ2n) is 4.59. The summed E-state index contributed by atoms with van der Waals surface area (Å²) in [7, 11) is 1.99. The van der Waals surface area contributed by atoms with Crippen LogP contribution in [0.3, 0.4) is 0 Å². The molecule has 1 saturated heterocycles. The number of nitrogens with zero attached hydrogens (tertiary/aromatic N) is 3. The van der Waals surface area contributed by atoms with Gasteiger partial charge < -0.3 is 5.32 Å². The largest absolute Gasteiger partial charge is 0.312 e. The summed E-state index contributed by atoms with van der Waals surface area (Å²) in [5.41, 5.74) is 0. The highest BCUT2D eigenvalue weighted by Gasteiger charge is 2.17. The lowest BCUT2D eigenvalue weighted by atomic mass is 10.2. The van der Waals surface area contributed by atoms with Crippen LogP contribution in [0.5, 0.6) is 0 Å². The SMILES string of the molecule is CC(C)c1nc(CC2CSCCN2)n(C)n1. The highest BCUT2D eigenvalue weighted by atomic mass is 32.2. The summed E-state index contributed by atoms with van der Waals surface area (Å²) in [5, 5.41) is 7.98. The van der Waals surface area contributed by atoms with Crippen molar-refractivity contribution < 1.29 is 0 Å². The van der Waals surface area contributed by atoms with Crippen LogP contribution in [0.4, 0.5) is 0 Å². The molecule has 1 fully saturated rings. The normalized spacial score (nSPS) is 21.6. The first-order valence-corrected chi connectivity index (χ1v) is 7.03. The molecule has 2 heterocycles.